The van der Waals surface area contributed by atoms with Crippen LogP contribution in [0.15, 0.2) is 54.6 Å². The van der Waals surface area contributed by atoms with E-state index in [0.29, 0.717) is 18.9 Å². The maximum atomic E-state index is 12.5. The zero-order chi connectivity index (χ0) is 18.9. The zero-order valence-corrected chi connectivity index (χ0v) is 16.1. The number of benzene rings is 2. The molecule has 0 bridgehead atoms. The molecule has 0 spiro atoms. The van der Waals surface area contributed by atoms with Gasteiger partial charge in [0.15, 0.2) is 0 Å². The van der Waals surface area contributed by atoms with Gasteiger partial charge in [0.2, 0.25) is 5.91 Å². The summed E-state index contributed by atoms with van der Waals surface area (Å²) in [6.45, 7) is 3.15. The second kappa shape index (κ2) is 10.1. The van der Waals surface area contributed by atoms with Gasteiger partial charge in [0, 0.05) is 26.1 Å². The Labute approximate surface area is 162 Å². The van der Waals surface area contributed by atoms with E-state index in [1.54, 1.807) is 7.11 Å². The number of hydrogen-bond donors (Lipinski definition) is 0. The summed E-state index contributed by atoms with van der Waals surface area (Å²) >= 11 is 0. The lowest BCUT2D eigenvalue weighted by Crippen LogP contribution is -2.39. The van der Waals surface area contributed by atoms with Crippen LogP contribution in [0.3, 0.4) is 0 Å². The van der Waals surface area contributed by atoms with Crippen molar-refractivity contribution in [3.05, 3.63) is 65.7 Å². The third kappa shape index (κ3) is 6.10. The molecule has 1 amide bonds. The standard InChI is InChI=1S/C23H29NO3/c1-26-22-10-7-19(8-11-22)9-12-23(25)24-15-13-21(14-16-24)18-27-17-20-5-3-2-4-6-20/h2-8,10-11,21H,9,12-18H2,1H3. The minimum absolute atomic E-state index is 0.259. The highest BCUT2D eigenvalue weighted by atomic mass is 16.5. The van der Waals surface area contributed by atoms with Crippen LogP contribution in [0, 0.1) is 5.92 Å². The molecule has 0 saturated carbocycles. The first-order valence-corrected chi connectivity index (χ1v) is 9.77. The first-order chi connectivity index (χ1) is 13.2. The minimum atomic E-state index is 0.259. The van der Waals surface area contributed by atoms with Crippen LogP contribution in [0.5, 0.6) is 5.75 Å². The molecule has 2 aromatic carbocycles. The van der Waals surface area contributed by atoms with Crippen LogP contribution < -0.4 is 4.74 Å². The summed E-state index contributed by atoms with van der Waals surface area (Å²) in [4.78, 5) is 14.5. The first kappa shape index (κ1) is 19.4. The Kier molecular flexibility index (Phi) is 7.28. The van der Waals surface area contributed by atoms with Crippen LogP contribution in [0.4, 0.5) is 0 Å². The van der Waals surface area contributed by atoms with Crippen molar-refractivity contribution in [2.24, 2.45) is 5.92 Å². The number of likely N-dealkylation sites (tertiary alicyclic amines) is 1. The molecule has 1 aliphatic heterocycles. The number of hydrogen-bond acceptors (Lipinski definition) is 3. The van der Waals surface area contributed by atoms with E-state index in [4.69, 9.17) is 9.47 Å². The fraction of sp³-hybridized carbons (Fsp3) is 0.435. The normalized spacial score (nSPS) is 14.9. The van der Waals surface area contributed by atoms with Crippen molar-refractivity contribution in [3.63, 3.8) is 0 Å². The number of carbonyl (C=O) groups is 1. The van der Waals surface area contributed by atoms with Crippen LogP contribution in [0.25, 0.3) is 0 Å². The molecule has 144 valence electrons. The minimum Gasteiger partial charge on any atom is -0.497 e. The first-order valence-electron chi connectivity index (χ1n) is 9.77. The molecule has 1 aliphatic rings. The zero-order valence-electron chi connectivity index (χ0n) is 16.1. The molecular weight excluding hydrogens is 338 g/mol. The lowest BCUT2D eigenvalue weighted by Gasteiger charge is -2.32. The van der Waals surface area contributed by atoms with Gasteiger partial charge >= 0.3 is 0 Å². The third-order valence-corrected chi connectivity index (χ3v) is 5.22. The van der Waals surface area contributed by atoms with E-state index in [0.717, 1.165) is 44.7 Å². The summed E-state index contributed by atoms with van der Waals surface area (Å²) < 4.78 is 11.0. The summed E-state index contributed by atoms with van der Waals surface area (Å²) in [5.41, 5.74) is 2.39. The van der Waals surface area contributed by atoms with E-state index < -0.39 is 0 Å². The van der Waals surface area contributed by atoms with Gasteiger partial charge in [0.25, 0.3) is 0 Å². The van der Waals surface area contributed by atoms with Crippen molar-refractivity contribution in [3.8, 4) is 5.75 Å². The van der Waals surface area contributed by atoms with E-state index in [2.05, 4.69) is 12.1 Å². The van der Waals surface area contributed by atoms with E-state index in [1.807, 2.05) is 47.4 Å². The smallest absolute Gasteiger partial charge is 0.222 e. The average molecular weight is 367 g/mol. The van der Waals surface area contributed by atoms with Gasteiger partial charge in [0.1, 0.15) is 5.75 Å². The number of ether oxygens (including phenoxy) is 2. The van der Waals surface area contributed by atoms with Gasteiger partial charge in [-0.05, 0) is 48.4 Å². The predicted octanol–water partition coefficient (Wildman–Crippen LogP) is 4.08. The SMILES string of the molecule is COc1ccc(CCC(=O)N2CCC(COCc3ccccc3)CC2)cc1. The number of carbonyl (C=O) groups excluding carboxylic acids is 1. The number of amides is 1. The van der Waals surface area contributed by atoms with Crippen molar-refractivity contribution in [1.82, 2.24) is 4.90 Å². The fourth-order valence-corrected chi connectivity index (χ4v) is 3.47. The molecule has 2 aromatic rings. The number of piperidine rings is 1. The number of nitrogens with zero attached hydrogens (tertiary/aromatic N) is 1. The van der Waals surface area contributed by atoms with Crippen LogP contribution in [-0.4, -0.2) is 37.6 Å². The molecule has 0 atom stereocenters. The Bertz CT molecular complexity index is 691. The maximum Gasteiger partial charge on any atom is 0.222 e. The maximum absolute atomic E-state index is 12.5. The molecule has 0 radical (unpaired) electrons. The van der Waals surface area contributed by atoms with Gasteiger partial charge in [-0.3, -0.25) is 4.79 Å². The van der Waals surface area contributed by atoms with E-state index in [1.165, 1.54) is 11.1 Å². The Morgan fingerprint density at radius 3 is 2.37 bits per heavy atom. The number of methoxy groups -OCH3 is 1. The molecule has 1 saturated heterocycles. The summed E-state index contributed by atoms with van der Waals surface area (Å²) in [6, 6.07) is 18.2. The quantitative estimate of drug-likeness (QED) is 0.706. The second-order valence-electron chi connectivity index (χ2n) is 7.17. The summed E-state index contributed by atoms with van der Waals surface area (Å²) in [7, 11) is 1.66. The Balaban J connectivity index is 1.33. The molecule has 4 heteroatoms. The summed E-state index contributed by atoms with van der Waals surface area (Å²) in [5, 5.41) is 0. The summed E-state index contributed by atoms with van der Waals surface area (Å²) in [6.07, 6.45) is 3.41. The fourth-order valence-electron chi connectivity index (χ4n) is 3.47. The van der Waals surface area contributed by atoms with Crippen molar-refractivity contribution < 1.29 is 14.3 Å². The van der Waals surface area contributed by atoms with Crippen molar-refractivity contribution >= 4 is 5.91 Å². The molecule has 1 fully saturated rings. The molecule has 0 N–H and O–H groups in total. The summed E-state index contributed by atoms with van der Waals surface area (Å²) in [5.74, 6) is 1.66. The second-order valence-corrected chi connectivity index (χ2v) is 7.17. The Hall–Kier alpha value is -2.33. The monoisotopic (exact) mass is 367 g/mol. The molecule has 3 rings (SSSR count). The molecule has 27 heavy (non-hydrogen) atoms. The molecule has 4 nitrogen and oxygen atoms in total. The molecule has 1 heterocycles. The topological polar surface area (TPSA) is 38.8 Å². The highest BCUT2D eigenvalue weighted by Crippen LogP contribution is 2.20. The number of aryl methyl sites for hydroxylation is 1. The van der Waals surface area contributed by atoms with Crippen LogP contribution in [0.2, 0.25) is 0 Å². The van der Waals surface area contributed by atoms with Crippen LogP contribution in [-0.2, 0) is 22.6 Å². The highest BCUT2D eigenvalue weighted by molar-refractivity contribution is 5.76. The van der Waals surface area contributed by atoms with Gasteiger partial charge in [-0.15, -0.1) is 0 Å². The predicted molar refractivity (Wildman–Crippen MR) is 107 cm³/mol. The van der Waals surface area contributed by atoms with E-state index in [-0.39, 0.29) is 5.91 Å². The van der Waals surface area contributed by atoms with Crippen LogP contribution in [0.1, 0.15) is 30.4 Å². The Morgan fingerprint density at radius 2 is 1.70 bits per heavy atom. The molecule has 0 aromatic heterocycles. The lowest BCUT2D eigenvalue weighted by molar-refractivity contribution is -0.132. The average Bonchev–Trinajstić information content (AvgIpc) is 2.73. The van der Waals surface area contributed by atoms with E-state index >= 15 is 0 Å². The largest absolute Gasteiger partial charge is 0.497 e. The molecular formula is C23H29NO3. The lowest BCUT2D eigenvalue weighted by atomic mass is 9.97. The van der Waals surface area contributed by atoms with Gasteiger partial charge in [0.05, 0.1) is 13.7 Å². The molecule has 0 unspecified atom stereocenters. The van der Waals surface area contributed by atoms with Crippen LogP contribution >= 0.6 is 0 Å². The Morgan fingerprint density at radius 1 is 1.00 bits per heavy atom. The van der Waals surface area contributed by atoms with Gasteiger partial charge in [-0.25, -0.2) is 0 Å². The highest BCUT2D eigenvalue weighted by Gasteiger charge is 2.22. The third-order valence-electron chi connectivity index (χ3n) is 5.22. The van der Waals surface area contributed by atoms with Crippen molar-refractivity contribution in [1.29, 1.82) is 0 Å². The van der Waals surface area contributed by atoms with Gasteiger partial charge in [-0.2, -0.15) is 0 Å². The van der Waals surface area contributed by atoms with E-state index in [9.17, 15) is 4.79 Å². The van der Waals surface area contributed by atoms with Crippen molar-refractivity contribution in [2.45, 2.75) is 32.3 Å². The van der Waals surface area contributed by atoms with Gasteiger partial charge < -0.3 is 14.4 Å². The van der Waals surface area contributed by atoms with Crippen molar-refractivity contribution in [2.75, 3.05) is 26.8 Å². The van der Waals surface area contributed by atoms with Gasteiger partial charge in [-0.1, -0.05) is 42.5 Å². The number of rotatable bonds is 8. The molecule has 0 aliphatic carbocycles.